The Kier molecular flexibility index (Phi) is 4.11. The summed E-state index contributed by atoms with van der Waals surface area (Å²) < 4.78 is 5.69. The summed E-state index contributed by atoms with van der Waals surface area (Å²) in [5.41, 5.74) is 3.76. The molecule has 1 atom stereocenters. The molecule has 0 aromatic rings. The van der Waals surface area contributed by atoms with E-state index < -0.39 is 0 Å². The third-order valence-electron chi connectivity index (χ3n) is 3.29. The molecule has 1 rings (SSSR count). The normalized spacial score (nSPS) is 23.1. The minimum atomic E-state index is -0.126. The molecule has 1 unspecified atom stereocenters. The molecule has 0 aliphatic heterocycles. The third-order valence-corrected chi connectivity index (χ3v) is 3.29. The lowest BCUT2D eigenvalue weighted by molar-refractivity contribution is -0.0585. The molecule has 3 N–H and O–H groups in total. The summed E-state index contributed by atoms with van der Waals surface area (Å²) in [4.78, 5) is 0. The van der Waals surface area contributed by atoms with E-state index in [0.717, 1.165) is 18.4 Å². The number of hydrogen-bond acceptors (Lipinski definition) is 3. The van der Waals surface area contributed by atoms with Crippen LogP contribution in [-0.4, -0.2) is 18.8 Å². The highest BCUT2D eigenvalue weighted by Gasteiger charge is 2.39. The maximum Gasteiger partial charge on any atom is 0.0882 e. The van der Waals surface area contributed by atoms with Crippen LogP contribution >= 0.6 is 0 Å². The lowest BCUT2D eigenvalue weighted by Gasteiger charge is -2.42. The second-order valence-corrected chi connectivity index (χ2v) is 4.28. The number of nitrogens with one attached hydrogen (secondary N) is 1. The van der Waals surface area contributed by atoms with Crippen molar-refractivity contribution in [3.63, 3.8) is 0 Å². The fourth-order valence-electron chi connectivity index (χ4n) is 2.50. The second kappa shape index (κ2) is 4.91. The Morgan fingerprint density at radius 2 is 2.00 bits per heavy atom. The van der Waals surface area contributed by atoms with Crippen LogP contribution in [-0.2, 0) is 4.74 Å². The molecule has 3 nitrogen and oxygen atoms in total. The first-order valence-corrected chi connectivity index (χ1v) is 5.33. The van der Waals surface area contributed by atoms with E-state index in [1.54, 1.807) is 7.11 Å². The van der Waals surface area contributed by atoms with Gasteiger partial charge in [-0.1, -0.05) is 31.4 Å². The molecular weight excluding hydrogens is 176 g/mol. The van der Waals surface area contributed by atoms with Gasteiger partial charge in [0.15, 0.2) is 0 Å². The number of nitrogens with two attached hydrogens (primary N) is 1. The molecule has 82 valence electrons. The summed E-state index contributed by atoms with van der Waals surface area (Å²) in [6.45, 7) is 5.97. The van der Waals surface area contributed by atoms with Gasteiger partial charge in [-0.2, -0.15) is 0 Å². The topological polar surface area (TPSA) is 47.3 Å². The molecule has 0 bridgehead atoms. The molecule has 0 aromatic carbocycles. The van der Waals surface area contributed by atoms with Crippen molar-refractivity contribution in [3.8, 4) is 0 Å². The number of rotatable bonds is 4. The molecule has 3 heteroatoms. The van der Waals surface area contributed by atoms with Crippen LogP contribution in [0.2, 0.25) is 0 Å². The maximum absolute atomic E-state index is 5.69. The van der Waals surface area contributed by atoms with Gasteiger partial charge in [-0.05, 0) is 19.8 Å². The summed E-state index contributed by atoms with van der Waals surface area (Å²) in [6.07, 6.45) is 5.90. The lowest BCUT2D eigenvalue weighted by atomic mass is 9.77. The number of hydrazine groups is 1. The van der Waals surface area contributed by atoms with Crippen molar-refractivity contribution in [2.45, 2.75) is 50.7 Å². The quantitative estimate of drug-likeness (QED) is 0.411. The van der Waals surface area contributed by atoms with Gasteiger partial charge >= 0.3 is 0 Å². The second-order valence-electron chi connectivity index (χ2n) is 4.28. The zero-order valence-electron chi connectivity index (χ0n) is 9.31. The van der Waals surface area contributed by atoms with Gasteiger partial charge < -0.3 is 4.74 Å². The van der Waals surface area contributed by atoms with E-state index in [-0.39, 0.29) is 11.6 Å². The first-order chi connectivity index (χ1) is 6.66. The van der Waals surface area contributed by atoms with Crippen molar-refractivity contribution in [3.05, 3.63) is 12.2 Å². The van der Waals surface area contributed by atoms with E-state index in [1.807, 2.05) is 6.92 Å². The van der Waals surface area contributed by atoms with E-state index in [0.29, 0.717) is 0 Å². The van der Waals surface area contributed by atoms with Crippen molar-refractivity contribution in [1.29, 1.82) is 0 Å². The van der Waals surface area contributed by atoms with Crippen LogP contribution in [0.15, 0.2) is 12.2 Å². The van der Waals surface area contributed by atoms with Crippen LogP contribution in [0.5, 0.6) is 0 Å². The van der Waals surface area contributed by atoms with E-state index in [4.69, 9.17) is 10.6 Å². The standard InChI is InChI=1S/C11H22N2O/c1-9(2)10(13-12)11(14-3)7-5-4-6-8-11/h10,13H,1,4-8,12H2,2-3H3. The molecule has 0 radical (unpaired) electrons. The molecule has 0 aromatic heterocycles. The highest BCUT2D eigenvalue weighted by molar-refractivity contribution is 5.12. The van der Waals surface area contributed by atoms with Gasteiger partial charge in [-0.15, -0.1) is 0 Å². The van der Waals surface area contributed by atoms with Crippen LogP contribution in [0, 0.1) is 0 Å². The van der Waals surface area contributed by atoms with Crippen LogP contribution < -0.4 is 11.3 Å². The third kappa shape index (κ3) is 2.16. The smallest absolute Gasteiger partial charge is 0.0882 e. The molecular formula is C11H22N2O. The summed E-state index contributed by atoms with van der Waals surface area (Å²) >= 11 is 0. The van der Waals surface area contributed by atoms with Crippen LogP contribution in [0.1, 0.15) is 39.0 Å². The number of methoxy groups -OCH3 is 1. The largest absolute Gasteiger partial charge is 0.376 e. The minimum Gasteiger partial charge on any atom is -0.376 e. The Labute approximate surface area is 86.7 Å². The SMILES string of the molecule is C=C(C)C(NN)C1(OC)CCCCC1. The Hall–Kier alpha value is -0.380. The first-order valence-electron chi connectivity index (χ1n) is 5.33. The molecule has 0 saturated heterocycles. The van der Waals surface area contributed by atoms with Gasteiger partial charge in [0.05, 0.1) is 11.6 Å². The lowest BCUT2D eigenvalue weighted by Crippen LogP contribution is -2.55. The minimum absolute atomic E-state index is 0.0767. The van der Waals surface area contributed by atoms with Crippen LogP contribution in [0.25, 0.3) is 0 Å². The highest BCUT2D eigenvalue weighted by atomic mass is 16.5. The van der Waals surface area contributed by atoms with Gasteiger partial charge in [0, 0.05) is 7.11 Å². The zero-order chi connectivity index (χ0) is 10.6. The van der Waals surface area contributed by atoms with Crippen LogP contribution in [0.4, 0.5) is 0 Å². The Bertz CT molecular complexity index is 197. The number of ether oxygens (including phenoxy) is 1. The first kappa shape index (κ1) is 11.7. The highest BCUT2D eigenvalue weighted by Crippen LogP contribution is 2.35. The molecule has 0 heterocycles. The van der Waals surface area contributed by atoms with Gasteiger partial charge in [-0.25, -0.2) is 0 Å². The molecule has 0 spiro atoms. The van der Waals surface area contributed by atoms with Crippen molar-refractivity contribution in [2.75, 3.05) is 7.11 Å². The maximum atomic E-state index is 5.69. The van der Waals surface area contributed by atoms with Crippen molar-refractivity contribution in [1.82, 2.24) is 5.43 Å². The zero-order valence-corrected chi connectivity index (χ0v) is 9.31. The van der Waals surface area contributed by atoms with E-state index in [2.05, 4.69) is 12.0 Å². The molecule has 1 aliphatic carbocycles. The van der Waals surface area contributed by atoms with Gasteiger partial charge in [0.1, 0.15) is 0 Å². The summed E-state index contributed by atoms with van der Waals surface area (Å²) in [5.74, 6) is 5.57. The van der Waals surface area contributed by atoms with Crippen molar-refractivity contribution < 1.29 is 4.74 Å². The Morgan fingerprint density at radius 3 is 2.36 bits per heavy atom. The average Bonchev–Trinajstić information content (AvgIpc) is 2.19. The van der Waals surface area contributed by atoms with Crippen molar-refractivity contribution >= 4 is 0 Å². The Morgan fingerprint density at radius 1 is 1.43 bits per heavy atom. The fraction of sp³-hybridized carbons (Fsp3) is 0.818. The summed E-state index contributed by atoms with van der Waals surface area (Å²) in [5, 5.41) is 0. The molecule has 1 saturated carbocycles. The molecule has 1 aliphatic rings. The van der Waals surface area contributed by atoms with Crippen LogP contribution in [0.3, 0.4) is 0 Å². The van der Waals surface area contributed by atoms with Gasteiger partial charge in [-0.3, -0.25) is 11.3 Å². The van der Waals surface area contributed by atoms with Gasteiger partial charge in [0.2, 0.25) is 0 Å². The van der Waals surface area contributed by atoms with E-state index >= 15 is 0 Å². The number of hydrogen-bond donors (Lipinski definition) is 2. The summed E-state index contributed by atoms with van der Waals surface area (Å²) in [7, 11) is 1.78. The van der Waals surface area contributed by atoms with Gasteiger partial charge in [0.25, 0.3) is 0 Å². The Balaban J connectivity index is 2.79. The summed E-state index contributed by atoms with van der Waals surface area (Å²) in [6, 6.07) is 0.0767. The predicted molar refractivity (Wildman–Crippen MR) is 58.8 cm³/mol. The van der Waals surface area contributed by atoms with Crippen molar-refractivity contribution in [2.24, 2.45) is 5.84 Å². The molecule has 0 amide bonds. The average molecular weight is 198 g/mol. The van der Waals surface area contributed by atoms with E-state index in [1.165, 1.54) is 19.3 Å². The molecule has 1 fully saturated rings. The van der Waals surface area contributed by atoms with E-state index in [9.17, 15) is 0 Å². The predicted octanol–water partition coefficient (Wildman–Crippen LogP) is 1.74. The molecule has 14 heavy (non-hydrogen) atoms. The monoisotopic (exact) mass is 198 g/mol. The fourth-order valence-corrected chi connectivity index (χ4v) is 2.50.